The Kier molecular flexibility index (Phi) is 9.74. The van der Waals surface area contributed by atoms with Gasteiger partial charge in [0.05, 0.1) is 4.90 Å². The van der Waals surface area contributed by atoms with Crippen LogP contribution in [0, 0.1) is 0 Å². The smallest absolute Gasteiger partial charge is 0.326 e. The molecule has 1 aromatic carbocycles. The molecule has 1 saturated heterocycles. The molecule has 2 aliphatic rings. The van der Waals surface area contributed by atoms with E-state index < -0.39 is 34.0 Å². The van der Waals surface area contributed by atoms with Crippen LogP contribution >= 0.6 is 0 Å². The van der Waals surface area contributed by atoms with Crippen LogP contribution in [0.1, 0.15) is 69.0 Å². The zero-order valence-corrected chi connectivity index (χ0v) is 22.6. The predicted octanol–water partition coefficient (Wildman–Crippen LogP) is 3.75. The monoisotopic (exact) mass is 542 g/mol. The standard InChI is InChI=1S/C28H38N4O5S/c33-27(25-16-10-20-32(25)38(36,37)23-13-6-4-7-14-23)31-24(28(34)35)15-8-3-1-2-5-12-22-18-17-21-11-9-19-29-26(21)30-22/h4,6-7,13-14,17-18,24-25H,1-3,5,8-12,15-16,19-20H2,(H,29,30)(H,31,33)(H,34,35)/t24-,25+/m1/s1. The van der Waals surface area contributed by atoms with Crippen LogP contribution in [-0.4, -0.2) is 59.9 Å². The van der Waals surface area contributed by atoms with Crippen LogP contribution in [0.25, 0.3) is 0 Å². The van der Waals surface area contributed by atoms with E-state index in [2.05, 4.69) is 22.8 Å². The van der Waals surface area contributed by atoms with Gasteiger partial charge in [-0.3, -0.25) is 4.79 Å². The maximum absolute atomic E-state index is 13.0. The minimum Gasteiger partial charge on any atom is -0.480 e. The van der Waals surface area contributed by atoms with E-state index in [9.17, 15) is 23.1 Å². The van der Waals surface area contributed by atoms with Crippen LogP contribution in [0.4, 0.5) is 5.82 Å². The van der Waals surface area contributed by atoms with Crippen molar-refractivity contribution >= 4 is 27.7 Å². The molecule has 2 aromatic rings. The third-order valence-corrected chi connectivity index (χ3v) is 9.27. The molecule has 3 N–H and O–H groups in total. The Morgan fingerprint density at radius 3 is 2.61 bits per heavy atom. The molecule has 0 aliphatic carbocycles. The number of anilines is 1. The number of carboxylic acid groups (broad SMARTS) is 1. The lowest BCUT2D eigenvalue weighted by molar-refractivity contribution is -0.142. The number of fused-ring (bicyclic) bond motifs is 1. The first kappa shape index (κ1) is 28.0. The first-order valence-corrected chi connectivity index (χ1v) is 15.1. The highest BCUT2D eigenvalue weighted by Crippen LogP contribution is 2.26. The molecule has 0 radical (unpaired) electrons. The molecule has 0 spiro atoms. The van der Waals surface area contributed by atoms with Gasteiger partial charge in [-0.25, -0.2) is 18.2 Å². The van der Waals surface area contributed by atoms with Gasteiger partial charge in [0.1, 0.15) is 17.9 Å². The third-order valence-electron chi connectivity index (χ3n) is 7.35. The van der Waals surface area contributed by atoms with E-state index in [0.29, 0.717) is 25.7 Å². The number of hydrogen-bond donors (Lipinski definition) is 3. The number of nitrogens with one attached hydrogen (secondary N) is 2. The molecular weight excluding hydrogens is 504 g/mol. The summed E-state index contributed by atoms with van der Waals surface area (Å²) in [6.45, 7) is 1.22. The molecule has 0 bridgehead atoms. The summed E-state index contributed by atoms with van der Waals surface area (Å²) < 4.78 is 27.3. The van der Waals surface area contributed by atoms with Gasteiger partial charge >= 0.3 is 5.97 Å². The highest BCUT2D eigenvalue weighted by molar-refractivity contribution is 7.89. The van der Waals surface area contributed by atoms with Crippen LogP contribution in [0.2, 0.25) is 0 Å². The number of carbonyl (C=O) groups is 2. The molecule has 1 fully saturated rings. The van der Waals surface area contributed by atoms with Crippen molar-refractivity contribution in [1.29, 1.82) is 0 Å². The van der Waals surface area contributed by atoms with E-state index in [0.717, 1.165) is 63.0 Å². The number of benzene rings is 1. The van der Waals surface area contributed by atoms with E-state index in [1.807, 2.05) is 0 Å². The molecule has 1 amide bonds. The molecule has 38 heavy (non-hydrogen) atoms. The van der Waals surface area contributed by atoms with Crippen molar-refractivity contribution in [3.8, 4) is 0 Å². The number of aromatic nitrogens is 1. The molecule has 0 saturated carbocycles. The van der Waals surface area contributed by atoms with Crippen molar-refractivity contribution in [2.24, 2.45) is 0 Å². The summed E-state index contributed by atoms with van der Waals surface area (Å²) in [5, 5.41) is 15.6. The molecule has 3 heterocycles. The first-order chi connectivity index (χ1) is 18.4. The van der Waals surface area contributed by atoms with E-state index >= 15 is 0 Å². The predicted molar refractivity (Wildman–Crippen MR) is 145 cm³/mol. The van der Waals surface area contributed by atoms with E-state index in [1.54, 1.807) is 18.2 Å². The van der Waals surface area contributed by atoms with Crippen molar-refractivity contribution < 1.29 is 23.1 Å². The second-order valence-electron chi connectivity index (χ2n) is 10.1. The normalized spacial score (nSPS) is 18.4. The minimum atomic E-state index is -3.83. The molecule has 1 aromatic heterocycles. The second-order valence-corrected chi connectivity index (χ2v) is 12.0. The van der Waals surface area contributed by atoms with Crippen LogP contribution in [0.3, 0.4) is 0 Å². The summed E-state index contributed by atoms with van der Waals surface area (Å²) in [6, 6.07) is 10.4. The number of sulfonamides is 1. The van der Waals surface area contributed by atoms with E-state index in [-0.39, 0.29) is 11.4 Å². The fourth-order valence-electron chi connectivity index (χ4n) is 5.24. The number of hydrogen-bond acceptors (Lipinski definition) is 6. The largest absolute Gasteiger partial charge is 0.480 e. The molecule has 4 rings (SSSR count). The Hall–Kier alpha value is -2.98. The molecule has 2 aliphatic heterocycles. The summed E-state index contributed by atoms with van der Waals surface area (Å²) in [5.41, 5.74) is 2.39. The van der Waals surface area contributed by atoms with Gasteiger partial charge in [-0.2, -0.15) is 4.31 Å². The summed E-state index contributed by atoms with van der Waals surface area (Å²) in [7, 11) is -3.83. The van der Waals surface area contributed by atoms with Gasteiger partial charge in [-0.1, -0.05) is 49.9 Å². The Morgan fingerprint density at radius 2 is 1.82 bits per heavy atom. The number of aliphatic carboxylic acids is 1. The quantitative estimate of drug-likeness (QED) is 0.329. The van der Waals surface area contributed by atoms with Crippen molar-refractivity contribution in [3.63, 3.8) is 0 Å². The van der Waals surface area contributed by atoms with Crippen LogP contribution < -0.4 is 10.6 Å². The Morgan fingerprint density at radius 1 is 1.05 bits per heavy atom. The zero-order valence-electron chi connectivity index (χ0n) is 21.8. The Labute approximate surface area is 225 Å². The topological polar surface area (TPSA) is 129 Å². The lowest BCUT2D eigenvalue weighted by Crippen LogP contribution is -2.50. The fraction of sp³-hybridized carbons (Fsp3) is 0.536. The number of unbranched alkanes of at least 4 members (excludes halogenated alkanes) is 4. The van der Waals surface area contributed by atoms with Crippen molar-refractivity contribution in [2.45, 2.75) is 87.6 Å². The van der Waals surface area contributed by atoms with Crippen molar-refractivity contribution in [1.82, 2.24) is 14.6 Å². The number of aryl methyl sites for hydroxylation is 2. The van der Waals surface area contributed by atoms with Gasteiger partial charge in [0.2, 0.25) is 15.9 Å². The van der Waals surface area contributed by atoms with Crippen LogP contribution in [0.5, 0.6) is 0 Å². The van der Waals surface area contributed by atoms with Crippen LogP contribution in [-0.2, 0) is 32.5 Å². The van der Waals surface area contributed by atoms with Crippen LogP contribution in [0.15, 0.2) is 47.4 Å². The molecule has 0 unspecified atom stereocenters. The van der Waals surface area contributed by atoms with E-state index in [4.69, 9.17) is 4.98 Å². The average Bonchev–Trinajstić information content (AvgIpc) is 3.43. The maximum atomic E-state index is 13.0. The second kappa shape index (κ2) is 13.2. The highest BCUT2D eigenvalue weighted by Gasteiger charge is 2.40. The lowest BCUT2D eigenvalue weighted by atomic mass is 10.0. The Balaban J connectivity index is 1.19. The van der Waals surface area contributed by atoms with Gasteiger partial charge in [0.25, 0.3) is 0 Å². The molecule has 10 heteroatoms. The zero-order chi connectivity index (χ0) is 27.0. The SMILES string of the molecule is O=C(O)[C@@H](CCCCCCCc1ccc2c(n1)NCCC2)NC(=O)[C@@H]1CCCN1S(=O)(=O)c1ccccc1. The van der Waals surface area contributed by atoms with Crippen molar-refractivity contribution in [3.05, 3.63) is 53.7 Å². The van der Waals surface area contributed by atoms with Gasteiger partial charge in [0.15, 0.2) is 0 Å². The van der Waals surface area contributed by atoms with E-state index in [1.165, 1.54) is 22.0 Å². The summed E-state index contributed by atoms with van der Waals surface area (Å²) in [5.74, 6) is -0.615. The molecule has 206 valence electrons. The number of nitrogens with zero attached hydrogens (tertiary/aromatic N) is 2. The minimum absolute atomic E-state index is 0.133. The summed E-state index contributed by atoms with van der Waals surface area (Å²) in [4.78, 5) is 29.6. The number of rotatable bonds is 13. The summed E-state index contributed by atoms with van der Waals surface area (Å²) >= 11 is 0. The average molecular weight is 543 g/mol. The maximum Gasteiger partial charge on any atom is 0.326 e. The molecule has 9 nitrogen and oxygen atoms in total. The van der Waals surface area contributed by atoms with Gasteiger partial charge in [0, 0.05) is 18.8 Å². The number of carbonyl (C=O) groups excluding carboxylic acids is 1. The number of amides is 1. The van der Waals surface area contributed by atoms with Crippen molar-refractivity contribution in [2.75, 3.05) is 18.4 Å². The lowest BCUT2D eigenvalue weighted by Gasteiger charge is -2.25. The molecule has 2 atom stereocenters. The number of carboxylic acids is 1. The van der Waals surface area contributed by atoms with Gasteiger partial charge in [-0.15, -0.1) is 0 Å². The van der Waals surface area contributed by atoms with Gasteiger partial charge < -0.3 is 15.7 Å². The Bertz CT molecular complexity index is 1200. The first-order valence-electron chi connectivity index (χ1n) is 13.7. The third kappa shape index (κ3) is 7.11. The summed E-state index contributed by atoms with van der Waals surface area (Å²) in [6.07, 6.45) is 8.99. The highest BCUT2D eigenvalue weighted by atomic mass is 32.2. The molecular formula is C28H38N4O5S. The number of pyridine rings is 1. The fourth-order valence-corrected chi connectivity index (χ4v) is 6.91. The van der Waals surface area contributed by atoms with Gasteiger partial charge in [-0.05, 0) is 68.7 Å².